The van der Waals surface area contributed by atoms with Gasteiger partial charge in [-0.2, -0.15) is 0 Å². The second-order valence-electron chi connectivity index (χ2n) is 7.07. The van der Waals surface area contributed by atoms with E-state index < -0.39 is 0 Å². The quantitative estimate of drug-likeness (QED) is 0.907. The average Bonchev–Trinajstić information content (AvgIpc) is 3.16. The molecule has 4 heterocycles. The lowest BCUT2D eigenvalue weighted by Crippen LogP contribution is -2.39. The highest BCUT2D eigenvalue weighted by Crippen LogP contribution is 2.31. The summed E-state index contributed by atoms with van der Waals surface area (Å²) in [5.41, 5.74) is 2.66. The number of hydrogen-bond donors (Lipinski definition) is 1. The molecule has 0 bridgehead atoms. The Bertz CT molecular complexity index is 788. The normalized spacial score (nSPS) is 20.0. The van der Waals surface area contributed by atoms with E-state index in [1.807, 2.05) is 11.1 Å². The molecule has 1 atom stereocenters. The van der Waals surface area contributed by atoms with Crippen LogP contribution in [0.5, 0.6) is 0 Å². The van der Waals surface area contributed by atoms with Gasteiger partial charge in [-0.1, -0.05) is 12.1 Å². The zero-order valence-corrected chi connectivity index (χ0v) is 15.2. The standard InChI is InChI=1S/C19H25N5O2/c1-2-5-14-10-16(23-26-14)19(25)24-9-4-3-6-17(24)18-21-12-13-11-20-8-7-15(13)22-18/h10,12,17,20H,2-9,11H2,1H3. The number of hydrogen-bond acceptors (Lipinski definition) is 6. The van der Waals surface area contributed by atoms with Crippen LogP contribution < -0.4 is 5.32 Å². The van der Waals surface area contributed by atoms with Gasteiger partial charge in [-0.25, -0.2) is 9.97 Å². The minimum absolute atomic E-state index is 0.0798. The molecule has 2 aromatic heterocycles. The van der Waals surface area contributed by atoms with Gasteiger partial charge in [0.25, 0.3) is 5.91 Å². The molecule has 2 aliphatic rings. The lowest BCUT2D eigenvalue weighted by Gasteiger charge is -2.34. The fraction of sp³-hybridized carbons (Fsp3) is 0.579. The van der Waals surface area contributed by atoms with Crippen LogP contribution in [0.3, 0.4) is 0 Å². The van der Waals surface area contributed by atoms with E-state index in [0.29, 0.717) is 12.2 Å². The minimum Gasteiger partial charge on any atom is -0.361 e. The van der Waals surface area contributed by atoms with Gasteiger partial charge in [0, 0.05) is 56.0 Å². The van der Waals surface area contributed by atoms with Crippen LogP contribution in [0.25, 0.3) is 0 Å². The van der Waals surface area contributed by atoms with Gasteiger partial charge in [0.05, 0.1) is 6.04 Å². The molecule has 2 aliphatic heterocycles. The number of rotatable bonds is 4. The summed E-state index contributed by atoms with van der Waals surface area (Å²) in [7, 11) is 0. The van der Waals surface area contributed by atoms with E-state index in [-0.39, 0.29) is 11.9 Å². The van der Waals surface area contributed by atoms with Gasteiger partial charge in [0.1, 0.15) is 5.76 Å². The first-order valence-electron chi connectivity index (χ1n) is 9.58. The van der Waals surface area contributed by atoms with Crippen LogP contribution in [0.1, 0.15) is 72.0 Å². The van der Waals surface area contributed by atoms with E-state index in [4.69, 9.17) is 9.51 Å². The van der Waals surface area contributed by atoms with Crippen LogP contribution in [0.4, 0.5) is 0 Å². The molecule has 1 saturated heterocycles. The summed E-state index contributed by atoms with van der Waals surface area (Å²) in [6.45, 7) is 4.55. The van der Waals surface area contributed by atoms with Gasteiger partial charge in [-0.15, -0.1) is 0 Å². The van der Waals surface area contributed by atoms with Crippen LogP contribution in [-0.2, 0) is 19.4 Å². The molecule has 0 aliphatic carbocycles. The summed E-state index contributed by atoms with van der Waals surface area (Å²) < 4.78 is 5.30. The number of likely N-dealkylation sites (tertiary alicyclic amines) is 1. The van der Waals surface area contributed by atoms with Gasteiger partial charge in [0.2, 0.25) is 0 Å². The summed E-state index contributed by atoms with van der Waals surface area (Å²) in [5.74, 6) is 1.45. The second kappa shape index (κ2) is 7.53. The number of fused-ring (bicyclic) bond motifs is 1. The molecule has 138 valence electrons. The second-order valence-corrected chi connectivity index (χ2v) is 7.07. The van der Waals surface area contributed by atoms with Crippen molar-refractivity contribution in [2.45, 2.75) is 58.0 Å². The van der Waals surface area contributed by atoms with Crippen LogP contribution in [0, 0.1) is 0 Å². The van der Waals surface area contributed by atoms with Crippen molar-refractivity contribution >= 4 is 5.91 Å². The Labute approximate surface area is 153 Å². The predicted molar refractivity (Wildman–Crippen MR) is 95.6 cm³/mol. The number of piperidine rings is 1. The van der Waals surface area contributed by atoms with Crippen molar-refractivity contribution in [3.63, 3.8) is 0 Å². The first-order valence-corrected chi connectivity index (χ1v) is 9.58. The third-order valence-corrected chi connectivity index (χ3v) is 5.16. The van der Waals surface area contributed by atoms with Gasteiger partial charge in [-0.3, -0.25) is 4.79 Å². The molecular formula is C19H25N5O2. The largest absolute Gasteiger partial charge is 0.361 e. The van der Waals surface area contributed by atoms with Crippen LogP contribution >= 0.6 is 0 Å². The first-order chi connectivity index (χ1) is 12.8. The van der Waals surface area contributed by atoms with Gasteiger partial charge >= 0.3 is 0 Å². The number of aryl methyl sites for hydroxylation is 1. The molecule has 7 nitrogen and oxygen atoms in total. The molecular weight excluding hydrogens is 330 g/mol. The molecule has 7 heteroatoms. The monoisotopic (exact) mass is 355 g/mol. The van der Waals surface area contributed by atoms with E-state index in [9.17, 15) is 4.79 Å². The molecule has 0 radical (unpaired) electrons. The maximum absolute atomic E-state index is 13.0. The topological polar surface area (TPSA) is 84.2 Å². The van der Waals surface area contributed by atoms with Crippen molar-refractivity contribution in [3.05, 3.63) is 40.8 Å². The Morgan fingerprint density at radius 3 is 3.23 bits per heavy atom. The summed E-state index contributed by atoms with van der Waals surface area (Å²) in [6, 6.07) is 1.69. The Morgan fingerprint density at radius 1 is 1.42 bits per heavy atom. The van der Waals surface area contributed by atoms with E-state index in [0.717, 1.165) is 74.5 Å². The van der Waals surface area contributed by atoms with Crippen molar-refractivity contribution in [1.29, 1.82) is 0 Å². The summed E-state index contributed by atoms with van der Waals surface area (Å²) >= 11 is 0. The summed E-state index contributed by atoms with van der Waals surface area (Å²) in [5, 5.41) is 7.33. The molecule has 4 rings (SSSR count). The molecule has 0 saturated carbocycles. The average molecular weight is 355 g/mol. The van der Waals surface area contributed by atoms with E-state index in [1.165, 1.54) is 0 Å². The lowest BCUT2D eigenvalue weighted by atomic mass is 10.00. The number of carbonyl (C=O) groups is 1. The fourth-order valence-corrected chi connectivity index (χ4v) is 3.78. The molecule has 26 heavy (non-hydrogen) atoms. The lowest BCUT2D eigenvalue weighted by molar-refractivity contribution is 0.0588. The van der Waals surface area contributed by atoms with Crippen LogP contribution in [0.2, 0.25) is 0 Å². The highest BCUT2D eigenvalue weighted by Gasteiger charge is 2.32. The Morgan fingerprint density at radius 2 is 2.35 bits per heavy atom. The van der Waals surface area contributed by atoms with E-state index in [1.54, 1.807) is 6.07 Å². The molecule has 1 N–H and O–H groups in total. The molecule has 0 aromatic carbocycles. The summed E-state index contributed by atoms with van der Waals surface area (Å²) in [4.78, 5) is 24.3. The highest BCUT2D eigenvalue weighted by molar-refractivity contribution is 5.92. The van der Waals surface area contributed by atoms with E-state index in [2.05, 4.69) is 22.4 Å². The van der Waals surface area contributed by atoms with Crippen molar-refractivity contribution < 1.29 is 9.32 Å². The van der Waals surface area contributed by atoms with Crippen molar-refractivity contribution in [3.8, 4) is 0 Å². The highest BCUT2D eigenvalue weighted by atomic mass is 16.5. The molecule has 1 unspecified atom stereocenters. The third kappa shape index (κ3) is 3.35. The number of carbonyl (C=O) groups excluding carboxylic acids is 1. The Hall–Kier alpha value is -2.28. The first kappa shape index (κ1) is 17.1. The van der Waals surface area contributed by atoms with Crippen molar-refractivity contribution in [1.82, 2.24) is 25.3 Å². The van der Waals surface area contributed by atoms with Gasteiger partial charge < -0.3 is 14.7 Å². The minimum atomic E-state index is -0.0808. The summed E-state index contributed by atoms with van der Waals surface area (Å²) in [6.07, 6.45) is 7.56. The van der Waals surface area contributed by atoms with E-state index >= 15 is 0 Å². The molecule has 1 fully saturated rings. The van der Waals surface area contributed by atoms with Crippen LogP contribution in [0.15, 0.2) is 16.8 Å². The maximum Gasteiger partial charge on any atom is 0.276 e. The predicted octanol–water partition coefficient (Wildman–Crippen LogP) is 2.43. The number of nitrogens with zero attached hydrogens (tertiary/aromatic N) is 4. The maximum atomic E-state index is 13.0. The van der Waals surface area contributed by atoms with Crippen molar-refractivity contribution in [2.24, 2.45) is 0 Å². The zero-order chi connectivity index (χ0) is 17.9. The Balaban J connectivity index is 1.58. The Kier molecular flexibility index (Phi) is 4.97. The number of nitrogens with one attached hydrogen (secondary N) is 1. The zero-order valence-electron chi connectivity index (χ0n) is 15.2. The number of amides is 1. The third-order valence-electron chi connectivity index (χ3n) is 5.16. The van der Waals surface area contributed by atoms with Gasteiger partial charge in [0.15, 0.2) is 11.5 Å². The fourth-order valence-electron chi connectivity index (χ4n) is 3.78. The molecule has 0 spiro atoms. The van der Waals surface area contributed by atoms with Crippen LogP contribution in [-0.4, -0.2) is 39.0 Å². The number of aromatic nitrogens is 3. The smallest absolute Gasteiger partial charge is 0.276 e. The SMILES string of the molecule is CCCc1cc(C(=O)N2CCCCC2c2ncc3c(n2)CCNC3)no1. The van der Waals surface area contributed by atoms with Gasteiger partial charge in [-0.05, 0) is 25.7 Å². The molecule has 2 aromatic rings. The van der Waals surface area contributed by atoms with Crippen molar-refractivity contribution in [2.75, 3.05) is 13.1 Å². The molecule has 1 amide bonds.